The van der Waals surface area contributed by atoms with E-state index >= 15 is 0 Å². The molecule has 9 atom stereocenters. The summed E-state index contributed by atoms with van der Waals surface area (Å²) in [7, 11) is 7.98. The van der Waals surface area contributed by atoms with E-state index in [9.17, 15) is 95.8 Å². The number of benzene rings is 6. The number of carbonyl (C=O) groups is 18. The Morgan fingerprint density at radius 3 is 1.17 bits per heavy atom. The van der Waals surface area contributed by atoms with Crippen LogP contribution in [-0.4, -0.2) is 290 Å². The molecule has 10 fully saturated rings. The number of imide groups is 6. The molecule has 35 heteroatoms. The molecule has 0 radical (unpaired) electrons. The van der Waals surface area contributed by atoms with Crippen LogP contribution in [0.1, 0.15) is 245 Å². The number of phenolic OH excluding ortho intramolecular Hbond substituents is 1. The summed E-state index contributed by atoms with van der Waals surface area (Å²) < 4.78 is 18.4. The summed E-state index contributed by atoms with van der Waals surface area (Å²) in [6.45, 7) is 13.6. The smallest absolute Gasteiger partial charge is 0.328 e. The summed E-state index contributed by atoms with van der Waals surface area (Å²) in [5.41, 5.74) is -1.63. The number of H-pyrrole nitrogens is 2. The Morgan fingerprint density at radius 2 is 0.738 bits per heavy atom. The van der Waals surface area contributed by atoms with Gasteiger partial charge in [-0.05, 0) is 222 Å². The van der Waals surface area contributed by atoms with E-state index in [1.165, 1.54) is 83.4 Å². The van der Waals surface area contributed by atoms with Crippen molar-refractivity contribution >= 4 is 106 Å². The van der Waals surface area contributed by atoms with Gasteiger partial charge in [0.05, 0.1) is 57.8 Å². The van der Waals surface area contributed by atoms with Crippen molar-refractivity contribution in [3.05, 3.63) is 263 Å². The fourth-order valence-corrected chi connectivity index (χ4v) is 23.4. The van der Waals surface area contributed by atoms with Gasteiger partial charge in [-0.1, -0.05) is 178 Å². The molecule has 2 aromatic heterocycles. The van der Waals surface area contributed by atoms with Crippen molar-refractivity contribution in [3.8, 4) is 11.5 Å². The first-order valence-corrected chi connectivity index (χ1v) is 51.2. The summed E-state index contributed by atoms with van der Waals surface area (Å²) in [5.74, 6) is -1.95. The Hall–Kier alpha value is -15.2. The number of hydrogen-bond donors (Lipinski definition) is 3. The fourth-order valence-electron chi connectivity index (χ4n) is 23.4. The third kappa shape index (κ3) is 20.9. The number of aromatic hydroxyl groups is 1. The van der Waals surface area contributed by atoms with Crippen LogP contribution < -0.4 is 4.74 Å². The zero-order valence-electron chi connectivity index (χ0n) is 86.8. The molecule has 6 aromatic carbocycles. The summed E-state index contributed by atoms with van der Waals surface area (Å²) in [6.07, 6.45) is 24.3. The van der Waals surface area contributed by atoms with Crippen molar-refractivity contribution < 1.29 is 101 Å². The second kappa shape index (κ2) is 45.7. The second-order valence-corrected chi connectivity index (χ2v) is 40.9. The largest absolute Gasteiger partial charge is 0.508 e. The number of amides is 18. The minimum atomic E-state index is -1.36. The average molecular weight is 2040 g/mol. The number of nitrogens with one attached hydrogen (secondary N) is 2. The molecule has 11 aliphatic rings. The van der Waals surface area contributed by atoms with Gasteiger partial charge >= 0.3 is 36.2 Å². The molecule has 34 nitrogen and oxygen atoms in total. The van der Waals surface area contributed by atoms with E-state index in [-0.39, 0.29) is 139 Å². The van der Waals surface area contributed by atoms with Gasteiger partial charge in [-0.15, -0.1) is 0 Å². The number of rotatable bonds is 27. The predicted molar refractivity (Wildman–Crippen MR) is 550 cm³/mol. The minimum absolute atomic E-state index is 0.0748. The molecule has 19 rings (SSSR count). The van der Waals surface area contributed by atoms with E-state index in [1.807, 2.05) is 33.8 Å². The highest BCUT2D eigenvalue weighted by Crippen LogP contribution is 2.56. The number of halogens is 1. The number of ether oxygens (including phenoxy) is 1. The molecule has 8 aromatic rings. The summed E-state index contributed by atoms with van der Waals surface area (Å²) in [4.78, 5) is 250. The maximum Gasteiger partial charge on any atom is 0.328 e. The zero-order valence-corrected chi connectivity index (χ0v) is 86.8. The highest BCUT2D eigenvalue weighted by atomic mass is 19.1. The quantitative estimate of drug-likeness (QED) is 0.0244. The van der Waals surface area contributed by atoms with Crippen molar-refractivity contribution in [2.45, 2.75) is 204 Å². The van der Waals surface area contributed by atoms with Crippen molar-refractivity contribution in [1.29, 1.82) is 0 Å². The maximum atomic E-state index is 13.3. The number of para-hydroxylation sites is 2. The number of methoxy groups -OCH3 is 1. The zero-order chi connectivity index (χ0) is 108. The lowest BCUT2D eigenvalue weighted by Crippen LogP contribution is -2.53. The Kier molecular flexibility index (Phi) is 33.6. The fraction of sp³-hybridized carbons (Fsp3) is 0.439. The van der Waals surface area contributed by atoms with Gasteiger partial charge in [0, 0.05) is 87.1 Å². The van der Waals surface area contributed by atoms with Gasteiger partial charge in [-0.25, -0.2) is 33.2 Å². The molecule has 8 heterocycles. The van der Waals surface area contributed by atoms with E-state index in [0.717, 1.165) is 131 Å². The number of allylic oxidation sites excluding steroid dienone is 1. The first kappa shape index (κ1) is 110. The Bertz CT molecular complexity index is 6450. The number of urea groups is 6. The summed E-state index contributed by atoms with van der Waals surface area (Å²) in [6, 6.07) is 48.8. The molecular weight excluding hydrogens is 1900 g/mol. The Labute approximate surface area is 866 Å². The van der Waals surface area contributed by atoms with Crippen LogP contribution in [0.15, 0.2) is 212 Å². The molecule has 7 unspecified atom stereocenters. The molecule has 0 spiro atoms. The van der Waals surface area contributed by atoms with Gasteiger partial charge < -0.3 is 49.2 Å². The maximum absolute atomic E-state index is 13.3. The van der Waals surface area contributed by atoms with Gasteiger partial charge in [0.1, 0.15) is 50.5 Å². The number of likely N-dealkylation sites (N-methyl/N-ethyl adjacent to an activating group) is 6. The van der Waals surface area contributed by atoms with Gasteiger partial charge in [0.2, 0.25) is 0 Å². The Morgan fingerprint density at radius 1 is 0.362 bits per heavy atom. The lowest BCUT2D eigenvalue weighted by Gasteiger charge is -2.40. The van der Waals surface area contributed by atoms with Crippen LogP contribution in [0.2, 0.25) is 0 Å². The molecule has 18 amide bonds. The lowest BCUT2D eigenvalue weighted by molar-refractivity contribution is -0.136. The predicted octanol–water partition coefficient (Wildman–Crippen LogP) is 16.8. The van der Waals surface area contributed by atoms with Gasteiger partial charge in [0.25, 0.3) is 35.4 Å². The highest BCUT2D eigenvalue weighted by molar-refractivity contribution is 6.17. The van der Waals surface area contributed by atoms with Crippen LogP contribution in [0.25, 0.3) is 0 Å². The van der Waals surface area contributed by atoms with E-state index in [1.54, 1.807) is 223 Å². The molecule has 6 saturated heterocycles. The first-order valence-electron chi connectivity index (χ1n) is 51.2. The van der Waals surface area contributed by atoms with Crippen molar-refractivity contribution in [3.63, 3.8) is 0 Å². The van der Waals surface area contributed by atoms with E-state index in [2.05, 4.69) is 16.0 Å². The number of carbonyl (C=O) groups excluding carboxylic acids is 18. The molecule has 5 aliphatic carbocycles. The van der Waals surface area contributed by atoms with Crippen LogP contribution in [0.4, 0.5) is 33.2 Å². The van der Waals surface area contributed by atoms with Crippen LogP contribution in [0.5, 0.6) is 11.5 Å². The molecule has 3 N–H and O–H groups in total. The number of hydrogen-bond acceptors (Lipinski definition) is 20. The number of nitrogens with zero attached hydrogens (tertiary/aromatic N) is 12. The van der Waals surface area contributed by atoms with E-state index < -0.39 is 75.0 Å². The van der Waals surface area contributed by atoms with Crippen LogP contribution in [0.3, 0.4) is 0 Å². The molecular formula is C114H133FN14O20. The number of aromatic amines is 2. The molecule has 786 valence electrons. The van der Waals surface area contributed by atoms with Crippen molar-refractivity contribution in [2.24, 2.45) is 29.6 Å². The molecule has 6 aliphatic heterocycles. The van der Waals surface area contributed by atoms with Crippen LogP contribution in [-0.2, 0) is 39.8 Å². The monoisotopic (exact) mass is 2040 g/mol. The van der Waals surface area contributed by atoms with Crippen molar-refractivity contribution in [1.82, 2.24) is 68.8 Å². The van der Waals surface area contributed by atoms with E-state index in [0.29, 0.717) is 69.9 Å². The standard InChI is InChI=1S/C21H22N2O4.C20H26N2O3.C19H23FN2O3.C19H18N2O4.C18H23N3O3.C17H21N3O3/c1-4-23-20(26)22(14-17(24)15-10-6-5-7-11-15)19(25)21(23,2)16-12-8-9-13-18(16)27-3;1-3-22-19(25)21(14-17(23)15-10-6-4-7-11-15)18(24)20(22,2)16-12-8-5-9-13-16;1-19(14-6-4-3-5-7-14)17(24)22(18(25)21(19)2)12-16(23)13-8-10-15(20)11-9-13;1-19(14-10-6-7-11-15(14)22)17(24)21(18(25)20(19)2)12-16(23)13-8-4-3-5-9-13;1-18(13-9-11-5-6-12(13)8-11)16(23)21(17(24)20(18)2)10-15(22)14-4-3-7-19-14;1-17(12-7-4-3-5-8-12)15(22)20(16(23)19(17)2)11-14(21)13-9-6-10-18-13/h5-13H,4,14H2,1-3H3;4,6-7,10-11,16H,3,5,8-9,12-14H2,1-2H3;8-11,14H,3-7,12H2,1-2H3;3-11,22H,12H2,1-2H3;3-4,7,11-13,19H,5-6,8-10H2,1-2H3;6-7,9-10,18H,3-5,8,11H2,1-2H3/t;;;;11-,12+,13?,18?;/m....0./s1. The Balaban J connectivity index is 0.000000141. The van der Waals surface area contributed by atoms with Crippen molar-refractivity contribution in [2.75, 3.05) is 87.7 Å². The number of aromatic nitrogens is 2. The van der Waals surface area contributed by atoms with Gasteiger partial charge in [0.15, 0.2) is 34.7 Å². The number of ketones is 6. The minimum Gasteiger partial charge on any atom is -0.508 e. The molecule has 149 heavy (non-hydrogen) atoms. The topological polar surface area (TPSA) is 407 Å². The molecule has 4 saturated carbocycles. The summed E-state index contributed by atoms with van der Waals surface area (Å²) >= 11 is 0. The normalized spacial score (nSPS) is 24.8. The number of Topliss-reactive ketones (excluding diaryl/α,β-unsaturated/α-hetero) is 6. The van der Waals surface area contributed by atoms with Gasteiger partial charge in [-0.3, -0.25) is 86.9 Å². The highest BCUT2D eigenvalue weighted by Gasteiger charge is 2.64. The summed E-state index contributed by atoms with van der Waals surface area (Å²) in [5, 5.41) is 10.1. The van der Waals surface area contributed by atoms with Crippen LogP contribution in [0, 0.1) is 35.4 Å². The SMILES string of the molecule is CCN1C(=O)N(CC(=O)c2ccccc2)C(=O)C1(C)C1CCCCC1.CCN1C(=O)N(CC(=O)c2ccccc2)C(=O)C1(C)c1ccccc1OC.CN1C(=O)N(CC(=O)c2ccc(F)cc2)C(=O)C1(C)C1CCCCC1.CN1C(=O)N(CC(=O)c2ccc[nH]2)C(=O)C1(C)C1=CCCCC1.CN1C(=O)N(CC(=O)c2ccc[nH]2)C(=O)C1(C)C1C[C@H]2CC[C@@H]1C2.CN1C(=O)N(CC(=O)c2ccccc2)C(=O)C1(C)c1ccccc1O. The first-order chi connectivity index (χ1) is 71.0. The lowest BCUT2D eigenvalue weighted by atomic mass is 9.74. The molecule has 2 bridgehead atoms. The van der Waals surface area contributed by atoms with E-state index in [4.69, 9.17) is 4.74 Å². The second-order valence-electron chi connectivity index (χ2n) is 40.9. The van der Waals surface area contributed by atoms with Gasteiger partial charge in [-0.2, -0.15) is 0 Å². The average Bonchev–Trinajstić information content (AvgIpc) is 1.49. The van der Waals surface area contributed by atoms with Crippen LogP contribution >= 0.6 is 0 Å². The third-order valence-electron chi connectivity index (χ3n) is 32.8. The number of fused-ring (bicyclic) bond motifs is 2. The number of phenols is 1. The third-order valence-corrected chi connectivity index (χ3v) is 32.8.